The van der Waals surface area contributed by atoms with Crippen LogP contribution in [0.3, 0.4) is 0 Å². The van der Waals surface area contributed by atoms with E-state index < -0.39 is 0 Å². The van der Waals surface area contributed by atoms with E-state index in [0.29, 0.717) is 40.4 Å². The molecule has 4 rings (SSSR count). The lowest BCUT2D eigenvalue weighted by molar-refractivity contribution is 0.239. The van der Waals surface area contributed by atoms with E-state index in [0.717, 1.165) is 0 Å². The van der Waals surface area contributed by atoms with Gasteiger partial charge in [-0.1, -0.05) is 32.0 Å². The first-order chi connectivity index (χ1) is 12.6. The average Bonchev–Trinajstić information content (AvgIpc) is 3.22. The molecule has 0 bridgehead atoms. The summed E-state index contributed by atoms with van der Waals surface area (Å²) in [5, 5.41) is 12.1. The van der Waals surface area contributed by atoms with Crippen molar-refractivity contribution in [3.8, 4) is 16.9 Å². The minimum Gasteiger partial charge on any atom is -0.345 e. The highest BCUT2D eigenvalue weighted by molar-refractivity contribution is 5.95. The number of rotatable bonds is 3. The molecule has 1 amide bonds. The van der Waals surface area contributed by atoms with Crippen LogP contribution < -0.4 is 10.9 Å². The van der Waals surface area contributed by atoms with Gasteiger partial charge in [0.2, 0.25) is 0 Å². The van der Waals surface area contributed by atoms with Gasteiger partial charge in [-0.25, -0.2) is 4.79 Å². The number of carbonyl (C=O) groups is 1. The van der Waals surface area contributed by atoms with Crippen LogP contribution in [-0.2, 0) is 0 Å². The standard InChI is InChI=1S/C18H18N6O2/c1-11(2)8-20-18(26)24-16-13(10-21-24)15-14(9-19-16)17(25)23(22-15)12-6-4-3-5-7-12/h3-7,9-11,19H,8H2,1-2H3,(H,20,26). The number of aromatic amines is 1. The van der Waals surface area contributed by atoms with E-state index in [2.05, 4.69) is 20.5 Å². The first kappa shape index (κ1) is 16.1. The van der Waals surface area contributed by atoms with Gasteiger partial charge >= 0.3 is 6.03 Å². The molecule has 1 aromatic carbocycles. The Bertz CT molecular complexity index is 1110. The van der Waals surface area contributed by atoms with Gasteiger partial charge in [-0.05, 0) is 18.1 Å². The number of hydrogen-bond acceptors (Lipinski definition) is 4. The molecule has 0 atom stereocenters. The fraction of sp³-hybridized carbons (Fsp3) is 0.222. The maximum atomic E-state index is 12.7. The molecule has 26 heavy (non-hydrogen) atoms. The Hall–Kier alpha value is -3.42. The third-order valence-electron chi connectivity index (χ3n) is 4.11. The molecular weight excluding hydrogens is 332 g/mol. The van der Waals surface area contributed by atoms with Crippen molar-refractivity contribution in [2.45, 2.75) is 13.8 Å². The highest BCUT2D eigenvalue weighted by Gasteiger charge is 2.22. The van der Waals surface area contributed by atoms with E-state index in [1.807, 2.05) is 44.2 Å². The Morgan fingerprint density at radius 3 is 2.77 bits per heavy atom. The molecule has 132 valence electrons. The molecule has 1 aromatic heterocycles. The number of aromatic nitrogens is 5. The van der Waals surface area contributed by atoms with E-state index in [4.69, 9.17) is 0 Å². The quantitative estimate of drug-likeness (QED) is 0.592. The summed E-state index contributed by atoms with van der Waals surface area (Å²) in [4.78, 5) is 28.0. The molecule has 2 aliphatic heterocycles. The van der Waals surface area contributed by atoms with Gasteiger partial charge in [0, 0.05) is 12.7 Å². The van der Waals surface area contributed by atoms with Crippen LogP contribution in [-0.4, -0.2) is 37.1 Å². The summed E-state index contributed by atoms with van der Waals surface area (Å²) in [5.41, 5.74) is 1.92. The van der Waals surface area contributed by atoms with E-state index >= 15 is 0 Å². The number of H-pyrrole nitrogens is 1. The number of carbonyl (C=O) groups excluding carboxylic acids is 1. The number of benzene rings is 1. The van der Waals surface area contributed by atoms with Gasteiger partial charge in [-0.2, -0.15) is 19.6 Å². The predicted molar refractivity (Wildman–Crippen MR) is 97.7 cm³/mol. The number of nitrogens with zero attached hydrogens (tertiary/aromatic N) is 4. The largest absolute Gasteiger partial charge is 0.345 e. The second-order valence-corrected chi connectivity index (χ2v) is 6.50. The average molecular weight is 350 g/mol. The van der Waals surface area contributed by atoms with Crippen LogP contribution >= 0.6 is 0 Å². The van der Waals surface area contributed by atoms with Crippen LogP contribution in [0.2, 0.25) is 0 Å². The summed E-state index contributed by atoms with van der Waals surface area (Å²) in [7, 11) is 0. The molecule has 0 radical (unpaired) electrons. The van der Waals surface area contributed by atoms with Crippen LogP contribution in [0.1, 0.15) is 13.8 Å². The van der Waals surface area contributed by atoms with E-state index in [1.165, 1.54) is 9.36 Å². The van der Waals surface area contributed by atoms with Gasteiger partial charge in [0.15, 0.2) is 0 Å². The van der Waals surface area contributed by atoms with Gasteiger partial charge < -0.3 is 10.3 Å². The zero-order valence-electron chi connectivity index (χ0n) is 14.4. The molecule has 8 heteroatoms. The Morgan fingerprint density at radius 2 is 2.04 bits per heavy atom. The van der Waals surface area contributed by atoms with E-state index in [-0.39, 0.29) is 11.6 Å². The molecule has 0 unspecified atom stereocenters. The number of nitrogens with one attached hydrogen (secondary N) is 2. The van der Waals surface area contributed by atoms with Crippen LogP contribution in [0.15, 0.2) is 47.5 Å². The van der Waals surface area contributed by atoms with Crippen molar-refractivity contribution in [2.75, 3.05) is 6.54 Å². The van der Waals surface area contributed by atoms with Gasteiger partial charge in [-0.3, -0.25) is 4.79 Å². The van der Waals surface area contributed by atoms with Crippen LogP contribution in [0, 0.1) is 5.92 Å². The second-order valence-electron chi connectivity index (χ2n) is 6.50. The van der Waals surface area contributed by atoms with Gasteiger partial charge in [0.1, 0.15) is 11.3 Å². The summed E-state index contributed by atoms with van der Waals surface area (Å²) in [6, 6.07) is 8.88. The highest BCUT2D eigenvalue weighted by Crippen LogP contribution is 2.25. The normalized spacial score (nSPS) is 11.5. The molecule has 0 spiro atoms. The lowest BCUT2D eigenvalue weighted by Crippen LogP contribution is -2.32. The highest BCUT2D eigenvalue weighted by atomic mass is 16.2. The third-order valence-corrected chi connectivity index (χ3v) is 4.11. The second kappa shape index (κ2) is 6.14. The van der Waals surface area contributed by atoms with Crippen LogP contribution in [0.25, 0.3) is 28.0 Å². The molecule has 0 saturated carbocycles. The van der Waals surface area contributed by atoms with Crippen molar-refractivity contribution in [3.05, 3.63) is 53.1 Å². The first-order valence-electron chi connectivity index (χ1n) is 8.38. The topological polar surface area (TPSA) is 97.6 Å². The predicted octanol–water partition coefficient (Wildman–Crippen LogP) is 2.23. The minimum absolute atomic E-state index is 0.221. The zero-order chi connectivity index (χ0) is 18.3. The van der Waals surface area contributed by atoms with Gasteiger partial charge in [-0.15, -0.1) is 0 Å². The SMILES string of the molecule is CC(C)CNC(=O)n1ncc2c3nn(-c4ccccc4)c(=O)c-3c[nH]c21. The van der Waals surface area contributed by atoms with E-state index in [1.54, 1.807) is 12.4 Å². The summed E-state index contributed by atoms with van der Waals surface area (Å²) in [6.45, 7) is 4.59. The number of hydrogen-bond donors (Lipinski definition) is 2. The molecule has 0 fully saturated rings. The fourth-order valence-corrected chi connectivity index (χ4v) is 2.81. The summed E-state index contributed by atoms with van der Waals surface area (Å²) >= 11 is 0. The maximum Gasteiger partial charge on any atom is 0.344 e. The fourth-order valence-electron chi connectivity index (χ4n) is 2.81. The number of fused-ring (bicyclic) bond motifs is 3. The van der Waals surface area contributed by atoms with Crippen molar-refractivity contribution in [2.24, 2.45) is 5.92 Å². The summed E-state index contributed by atoms with van der Waals surface area (Å²) < 4.78 is 2.61. The molecule has 0 saturated heterocycles. The lowest BCUT2D eigenvalue weighted by Gasteiger charge is -2.08. The Labute approximate surface area is 148 Å². The molecular formula is C18H18N6O2. The number of amides is 1. The monoisotopic (exact) mass is 350 g/mol. The molecule has 2 aliphatic rings. The third kappa shape index (κ3) is 2.55. The summed E-state index contributed by atoms with van der Waals surface area (Å²) in [5.74, 6) is 0.334. The van der Waals surface area contributed by atoms with Gasteiger partial charge in [0.25, 0.3) is 5.56 Å². The minimum atomic E-state index is -0.325. The molecule has 2 N–H and O–H groups in total. The molecule has 2 aromatic rings. The molecule has 0 aliphatic carbocycles. The molecule has 3 heterocycles. The maximum absolute atomic E-state index is 12.7. The Balaban J connectivity index is 1.83. The first-order valence-corrected chi connectivity index (χ1v) is 8.38. The van der Waals surface area contributed by atoms with Gasteiger partial charge in [0.05, 0.1) is 22.8 Å². The number of para-hydroxylation sites is 1. The van der Waals surface area contributed by atoms with Crippen molar-refractivity contribution in [3.63, 3.8) is 0 Å². The van der Waals surface area contributed by atoms with Crippen molar-refractivity contribution in [1.29, 1.82) is 0 Å². The van der Waals surface area contributed by atoms with Crippen molar-refractivity contribution >= 4 is 17.1 Å². The Kier molecular flexibility index (Phi) is 3.80. The smallest absolute Gasteiger partial charge is 0.344 e. The molecule has 8 nitrogen and oxygen atoms in total. The van der Waals surface area contributed by atoms with Crippen LogP contribution in [0.5, 0.6) is 0 Å². The van der Waals surface area contributed by atoms with Crippen LogP contribution in [0.4, 0.5) is 4.79 Å². The van der Waals surface area contributed by atoms with Crippen molar-refractivity contribution in [1.82, 2.24) is 29.9 Å². The lowest BCUT2D eigenvalue weighted by atomic mass is 10.2. The summed E-state index contributed by atoms with van der Waals surface area (Å²) in [6.07, 6.45) is 3.12. The zero-order valence-corrected chi connectivity index (χ0v) is 14.4. The van der Waals surface area contributed by atoms with Crippen molar-refractivity contribution < 1.29 is 4.79 Å². The van der Waals surface area contributed by atoms with E-state index in [9.17, 15) is 9.59 Å². The Morgan fingerprint density at radius 1 is 1.27 bits per heavy atom. The number of pyridine rings is 1.